The quantitative estimate of drug-likeness (QED) is 0.431. The van der Waals surface area contributed by atoms with Crippen LogP contribution in [0.2, 0.25) is 0 Å². The first-order valence-corrected chi connectivity index (χ1v) is 10.7. The molecule has 9 nitrogen and oxygen atoms in total. The lowest BCUT2D eigenvalue weighted by atomic mass is 10.1. The van der Waals surface area contributed by atoms with Crippen LogP contribution in [0.25, 0.3) is 33.5 Å². The fourth-order valence-corrected chi connectivity index (χ4v) is 4.09. The number of fused-ring (bicyclic) bond motifs is 2. The Morgan fingerprint density at radius 1 is 1.15 bits per heavy atom. The first kappa shape index (κ1) is 21.0. The molecule has 0 amide bonds. The summed E-state index contributed by atoms with van der Waals surface area (Å²) in [7, 11) is 5.66. The van der Waals surface area contributed by atoms with Gasteiger partial charge in [0.05, 0.1) is 41.8 Å². The molecule has 2 N–H and O–H groups in total. The fourth-order valence-electron chi connectivity index (χ4n) is 4.09. The third kappa shape index (κ3) is 3.71. The minimum absolute atomic E-state index is 0.272. The molecule has 4 heterocycles. The Labute approximate surface area is 191 Å². The van der Waals surface area contributed by atoms with Crippen molar-refractivity contribution in [2.75, 3.05) is 27.7 Å². The number of aryl methyl sites for hydroxylation is 1. The molecule has 33 heavy (non-hydrogen) atoms. The highest BCUT2D eigenvalue weighted by atomic mass is 16.5. The highest BCUT2D eigenvalue weighted by Crippen LogP contribution is 2.33. The Balaban J connectivity index is 1.76. The molecule has 0 radical (unpaired) electrons. The van der Waals surface area contributed by atoms with Crippen molar-refractivity contribution in [2.45, 2.75) is 13.0 Å². The van der Waals surface area contributed by atoms with Gasteiger partial charge in [0, 0.05) is 30.5 Å². The molecule has 1 aromatic carbocycles. The zero-order valence-electron chi connectivity index (χ0n) is 19.1. The Bertz CT molecular complexity index is 1450. The van der Waals surface area contributed by atoms with Crippen LogP contribution in [0.1, 0.15) is 17.3 Å². The van der Waals surface area contributed by atoms with Crippen LogP contribution in [0.4, 0.5) is 0 Å². The molecule has 168 valence electrons. The maximum Gasteiger partial charge on any atom is 0.164 e. The number of likely N-dealkylation sites (N-methyl/N-ethyl adjacent to an activating group) is 1. The molecule has 5 aromatic rings. The van der Waals surface area contributed by atoms with E-state index in [-0.39, 0.29) is 6.04 Å². The van der Waals surface area contributed by atoms with Gasteiger partial charge in [-0.3, -0.25) is 4.98 Å². The summed E-state index contributed by atoms with van der Waals surface area (Å²) in [5.41, 5.74) is 12.6. The van der Waals surface area contributed by atoms with Gasteiger partial charge >= 0.3 is 0 Å². The van der Waals surface area contributed by atoms with Gasteiger partial charge in [0.25, 0.3) is 0 Å². The van der Waals surface area contributed by atoms with E-state index in [1.54, 1.807) is 24.0 Å². The van der Waals surface area contributed by atoms with Crippen molar-refractivity contribution in [2.24, 2.45) is 5.73 Å². The van der Waals surface area contributed by atoms with Crippen molar-refractivity contribution in [3.05, 3.63) is 66.4 Å². The van der Waals surface area contributed by atoms with Crippen molar-refractivity contribution in [3.63, 3.8) is 0 Å². The summed E-state index contributed by atoms with van der Waals surface area (Å²) in [5, 5.41) is 10.3. The molecule has 0 spiro atoms. The third-order valence-electron chi connectivity index (χ3n) is 5.62. The third-order valence-corrected chi connectivity index (χ3v) is 5.62. The monoisotopic (exact) mass is 442 g/mol. The minimum atomic E-state index is -0.272. The number of hydrogen-bond acceptors (Lipinski definition) is 7. The van der Waals surface area contributed by atoms with Crippen LogP contribution in [0.15, 0.2) is 55.1 Å². The number of pyridine rings is 1. The van der Waals surface area contributed by atoms with Gasteiger partial charge in [-0.2, -0.15) is 10.2 Å². The normalized spacial score (nSPS) is 12.7. The topological polar surface area (TPSA) is 99.4 Å². The van der Waals surface area contributed by atoms with E-state index < -0.39 is 0 Å². The van der Waals surface area contributed by atoms with Crippen molar-refractivity contribution in [1.29, 1.82) is 0 Å². The molecule has 5 rings (SSSR count). The molecule has 1 atom stereocenters. The summed E-state index contributed by atoms with van der Waals surface area (Å²) < 4.78 is 9.29. The molecule has 0 aliphatic rings. The van der Waals surface area contributed by atoms with Crippen molar-refractivity contribution < 1.29 is 4.74 Å². The first-order valence-electron chi connectivity index (χ1n) is 10.7. The zero-order chi connectivity index (χ0) is 23.1. The van der Waals surface area contributed by atoms with Crippen molar-refractivity contribution >= 4 is 16.6 Å². The molecule has 0 fully saturated rings. The molecule has 0 aliphatic carbocycles. The van der Waals surface area contributed by atoms with E-state index in [1.165, 1.54) is 0 Å². The molecule has 0 aliphatic heterocycles. The summed E-state index contributed by atoms with van der Waals surface area (Å²) in [4.78, 5) is 11.3. The van der Waals surface area contributed by atoms with E-state index in [0.29, 0.717) is 6.54 Å². The summed E-state index contributed by atoms with van der Waals surface area (Å²) in [5.74, 6) is 0.730. The predicted molar refractivity (Wildman–Crippen MR) is 128 cm³/mol. The molecule has 0 saturated carbocycles. The first-order chi connectivity index (χ1) is 16.0. The number of nitrogens with two attached hydrogens (primary N) is 1. The number of hydrogen-bond donors (Lipinski definition) is 1. The molecule has 1 unspecified atom stereocenters. The van der Waals surface area contributed by atoms with Crippen molar-refractivity contribution in [1.82, 2.24) is 34.3 Å². The van der Waals surface area contributed by atoms with Gasteiger partial charge < -0.3 is 15.4 Å². The Hall–Kier alpha value is -3.82. The molecule has 0 bridgehead atoms. The van der Waals surface area contributed by atoms with Crippen LogP contribution in [-0.4, -0.2) is 62.0 Å². The van der Waals surface area contributed by atoms with Crippen LogP contribution >= 0.6 is 0 Å². The van der Waals surface area contributed by atoms with Gasteiger partial charge in [-0.1, -0.05) is 6.07 Å². The predicted octanol–water partition coefficient (Wildman–Crippen LogP) is 3.01. The van der Waals surface area contributed by atoms with Crippen LogP contribution in [-0.2, 0) is 0 Å². The SMILES string of the molecule is COc1ccc(C)cc1-n1nc(C(N)CN(C)C)c2cnc(-c3cnn4cccnc34)cc21. The zero-order valence-corrected chi connectivity index (χ0v) is 19.1. The second kappa shape index (κ2) is 8.27. The summed E-state index contributed by atoms with van der Waals surface area (Å²) >= 11 is 0. The lowest BCUT2D eigenvalue weighted by Crippen LogP contribution is -2.26. The number of aromatic nitrogens is 6. The van der Waals surface area contributed by atoms with Gasteiger partial charge in [0.1, 0.15) is 11.4 Å². The second-order valence-electron chi connectivity index (χ2n) is 8.37. The van der Waals surface area contributed by atoms with E-state index in [4.69, 9.17) is 20.6 Å². The van der Waals surface area contributed by atoms with E-state index in [9.17, 15) is 0 Å². The molecular weight excluding hydrogens is 416 g/mol. The lowest BCUT2D eigenvalue weighted by molar-refractivity contribution is 0.373. The van der Waals surface area contributed by atoms with E-state index in [1.807, 2.05) is 62.4 Å². The number of rotatable bonds is 6. The van der Waals surface area contributed by atoms with E-state index >= 15 is 0 Å². The molecule has 0 saturated heterocycles. The summed E-state index contributed by atoms with van der Waals surface area (Å²) in [6, 6.07) is 9.62. The molecular formula is C24H26N8O. The van der Waals surface area contributed by atoms with Crippen molar-refractivity contribution in [3.8, 4) is 22.7 Å². The van der Waals surface area contributed by atoms with Crippen LogP contribution < -0.4 is 10.5 Å². The van der Waals surface area contributed by atoms with Gasteiger partial charge in [-0.15, -0.1) is 0 Å². The number of ether oxygens (including phenoxy) is 1. The second-order valence-corrected chi connectivity index (χ2v) is 8.37. The standard InChI is InChI=1S/C24H26N8O/c1-15-6-7-22(33-4)21(10-15)32-20-11-19(16-13-28-31-9-5-8-26-24(16)31)27-12-17(20)23(29-32)18(25)14-30(2)3/h5-13,18H,14,25H2,1-4H3. The van der Waals surface area contributed by atoms with Gasteiger partial charge in [-0.25, -0.2) is 14.2 Å². The Kier molecular flexibility index (Phi) is 5.27. The molecule has 4 aromatic heterocycles. The maximum absolute atomic E-state index is 6.56. The average Bonchev–Trinajstić information content (AvgIpc) is 3.40. The van der Waals surface area contributed by atoms with E-state index in [2.05, 4.69) is 21.0 Å². The molecule has 9 heteroatoms. The number of nitrogens with zero attached hydrogens (tertiary/aromatic N) is 7. The summed E-state index contributed by atoms with van der Waals surface area (Å²) in [6.07, 6.45) is 7.24. The Morgan fingerprint density at radius 3 is 2.79 bits per heavy atom. The van der Waals surface area contributed by atoms with Gasteiger partial charge in [0.2, 0.25) is 0 Å². The Morgan fingerprint density at radius 2 is 2.00 bits per heavy atom. The number of benzene rings is 1. The largest absolute Gasteiger partial charge is 0.494 e. The number of methoxy groups -OCH3 is 1. The highest BCUT2D eigenvalue weighted by Gasteiger charge is 2.22. The highest BCUT2D eigenvalue weighted by molar-refractivity contribution is 5.88. The van der Waals surface area contributed by atoms with Crippen LogP contribution in [0.5, 0.6) is 5.75 Å². The average molecular weight is 443 g/mol. The van der Waals surface area contributed by atoms with E-state index in [0.717, 1.165) is 50.5 Å². The smallest absolute Gasteiger partial charge is 0.164 e. The van der Waals surface area contributed by atoms with Crippen LogP contribution in [0, 0.1) is 6.92 Å². The van der Waals surface area contributed by atoms with Crippen LogP contribution in [0.3, 0.4) is 0 Å². The maximum atomic E-state index is 6.56. The van der Waals surface area contributed by atoms with Gasteiger partial charge in [-0.05, 0) is 50.8 Å². The summed E-state index contributed by atoms with van der Waals surface area (Å²) in [6.45, 7) is 2.71. The lowest BCUT2D eigenvalue weighted by Gasteiger charge is -2.15. The fraction of sp³-hybridized carbons (Fsp3) is 0.250. The van der Waals surface area contributed by atoms with Gasteiger partial charge in [0.15, 0.2) is 5.65 Å². The minimum Gasteiger partial charge on any atom is -0.494 e.